The molecule has 1 aromatic rings. The summed E-state index contributed by atoms with van der Waals surface area (Å²) in [5, 5.41) is 3.01. The molecule has 0 bridgehead atoms. The van der Waals surface area contributed by atoms with E-state index >= 15 is 0 Å². The van der Waals surface area contributed by atoms with Crippen LogP contribution in [0.25, 0.3) is 0 Å². The van der Waals surface area contributed by atoms with Crippen molar-refractivity contribution < 1.29 is 21.6 Å². The first-order chi connectivity index (χ1) is 10.7. The second-order valence-corrected chi connectivity index (χ2v) is 8.82. The van der Waals surface area contributed by atoms with Gasteiger partial charge in [0, 0.05) is 40.8 Å². The summed E-state index contributed by atoms with van der Waals surface area (Å²) in [5.74, 6) is 0. The highest BCUT2D eigenvalue weighted by Crippen LogP contribution is 2.17. The van der Waals surface area contributed by atoms with Gasteiger partial charge < -0.3 is 10.1 Å². The van der Waals surface area contributed by atoms with Crippen molar-refractivity contribution in [3.8, 4) is 0 Å². The first kappa shape index (κ1) is 20.0. The van der Waals surface area contributed by atoms with Crippen LogP contribution in [0.2, 0.25) is 0 Å². The van der Waals surface area contributed by atoms with Crippen LogP contribution in [0.4, 0.5) is 0 Å². The average molecular weight is 365 g/mol. The summed E-state index contributed by atoms with van der Waals surface area (Å²) in [6.07, 6.45) is 0. The minimum absolute atomic E-state index is 0.0661. The van der Waals surface area contributed by atoms with Crippen molar-refractivity contribution in [3.63, 3.8) is 0 Å². The molecule has 1 aromatic carbocycles. The molecule has 0 heterocycles. The summed E-state index contributed by atoms with van der Waals surface area (Å²) in [6.45, 7) is 1.79. The van der Waals surface area contributed by atoms with Crippen molar-refractivity contribution in [2.45, 2.75) is 9.79 Å². The highest BCUT2D eigenvalue weighted by atomic mass is 32.2. The third kappa shape index (κ3) is 5.83. The zero-order chi connectivity index (χ0) is 17.5. The Balaban J connectivity index is 2.78. The van der Waals surface area contributed by atoms with Gasteiger partial charge in [0.2, 0.25) is 20.0 Å². The van der Waals surface area contributed by atoms with E-state index in [1.807, 2.05) is 0 Å². The maximum atomic E-state index is 12.2. The number of ether oxygens (including phenoxy) is 1. The number of methoxy groups -OCH3 is 1. The number of sulfonamides is 2. The molecule has 0 radical (unpaired) electrons. The third-order valence-electron chi connectivity index (χ3n) is 2.97. The van der Waals surface area contributed by atoms with Gasteiger partial charge in [-0.3, -0.25) is 0 Å². The average Bonchev–Trinajstić information content (AvgIpc) is 2.50. The fraction of sp³-hybridized carbons (Fsp3) is 0.538. The van der Waals surface area contributed by atoms with Crippen LogP contribution in [0.3, 0.4) is 0 Å². The van der Waals surface area contributed by atoms with Crippen molar-refractivity contribution in [1.29, 1.82) is 0 Å². The lowest BCUT2D eigenvalue weighted by atomic mass is 10.4. The second kappa shape index (κ2) is 8.71. The minimum atomic E-state index is -3.77. The largest absolute Gasteiger partial charge is 0.383 e. The SMILES string of the molecule is COCCNCCNS(=O)(=O)c1cccc(S(=O)(=O)N(C)C)c1. The van der Waals surface area contributed by atoms with Gasteiger partial charge in [-0.2, -0.15) is 0 Å². The number of nitrogens with one attached hydrogen (secondary N) is 2. The number of rotatable bonds is 10. The van der Waals surface area contributed by atoms with Gasteiger partial charge in [-0.1, -0.05) is 6.07 Å². The Kier molecular flexibility index (Phi) is 7.58. The first-order valence-electron chi connectivity index (χ1n) is 6.93. The zero-order valence-electron chi connectivity index (χ0n) is 13.4. The normalized spacial score (nSPS) is 12.7. The van der Waals surface area contributed by atoms with Gasteiger partial charge in [-0.25, -0.2) is 25.9 Å². The van der Waals surface area contributed by atoms with Crippen LogP contribution in [0, 0.1) is 0 Å². The summed E-state index contributed by atoms with van der Waals surface area (Å²) < 4.78 is 56.8. The van der Waals surface area contributed by atoms with E-state index in [-0.39, 0.29) is 16.3 Å². The van der Waals surface area contributed by atoms with E-state index in [0.717, 1.165) is 10.4 Å². The number of hydrogen-bond donors (Lipinski definition) is 2. The van der Waals surface area contributed by atoms with Crippen molar-refractivity contribution in [3.05, 3.63) is 24.3 Å². The Bertz CT molecular complexity index is 702. The monoisotopic (exact) mass is 365 g/mol. The van der Waals surface area contributed by atoms with Gasteiger partial charge in [0.1, 0.15) is 0 Å². The van der Waals surface area contributed by atoms with Crippen molar-refractivity contribution in [2.24, 2.45) is 0 Å². The molecule has 0 atom stereocenters. The highest BCUT2D eigenvalue weighted by Gasteiger charge is 2.20. The first-order valence-corrected chi connectivity index (χ1v) is 9.86. The number of benzene rings is 1. The molecule has 0 aliphatic rings. The summed E-state index contributed by atoms with van der Waals surface area (Å²) in [4.78, 5) is -0.152. The van der Waals surface area contributed by atoms with Crippen LogP contribution in [0.5, 0.6) is 0 Å². The molecule has 0 fully saturated rings. The van der Waals surface area contributed by atoms with E-state index in [1.54, 1.807) is 7.11 Å². The molecule has 0 saturated heterocycles. The van der Waals surface area contributed by atoms with Gasteiger partial charge in [0.25, 0.3) is 0 Å². The van der Waals surface area contributed by atoms with Crippen LogP contribution in [-0.2, 0) is 24.8 Å². The van der Waals surface area contributed by atoms with Gasteiger partial charge in [0.15, 0.2) is 0 Å². The molecule has 0 saturated carbocycles. The molecular formula is C13H23N3O5S2. The molecular weight excluding hydrogens is 342 g/mol. The van der Waals surface area contributed by atoms with E-state index in [1.165, 1.54) is 32.3 Å². The number of nitrogens with zero attached hydrogens (tertiary/aromatic N) is 1. The Morgan fingerprint density at radius 1 is 1.04 bits per heavy atom. The van der Waals surface area contributed by atoms with E-state index < -0.39 is 20.0 Å². The second-order valence-electron chi connectivity index (χ2n) is 4.90. The molecule has 132 valence electrons. The van der Waals surface area contributed by atoms with Crippen LogP contribution in [0.15, 0.2) is 34.1 Å². The summed E-state index contributed by atoms with van der Waals surface area (Å²) in [5.41, 5.74) is 0. The predicted octanol–water partition coefficient (Wildman–Crippen LogP) is -0.549. The van der Waals surface area contributed by atoms with Crippen LogP contribution < -0.4 is 10.0 Å². The summed E-state index contributed by atoms with van der Waals surface area (Å²) in [7, 11) is -3.08. The molecule has 23 heavy (non-hydrogen) atoms. The van der Waals surface area contributed by atoms with E-state index in [9.17, 15) is 16.8 Å². The fourth-order valence-corrected chi connectivity index (χ4v) is 3.77. The molecule has 10 heteroatoms. The third-order valence-corrected chi connectivity index (χ3v) is 6.24. The van der Waals surface area contributed by atoms with Crippen molar-refractivity contribution >= 4 is 20.0 Å². The van der Waals surface area contributed by atoms with Crippen LogP contribution in [-0.4, -0.2) is 68.6 Å². The molecule has 0 amide bonds. The van der Waals surface area contributed by atoms with Gasteiger partial charge in [0.05, 0.1) is 16.4 Å². The minimum Gasteiger partial charge on any atom is -0.383 e. The Labute approximate surface area is 137 Å². The smallest absolute Gasteiger partial charge is 0.242 e. The molecule has 8 nitrogen and oxygen atoms in total. The summed E-state index contributed by atoms with van der Waals surface area (Å²) in [6, 6.07) is 5.27. The van der Waals surface area contributed by atoms with E-state index in [4.69, 9.17) is 4.74 Å². The lowest BCUT2D eigenvalue weighted by Gasteiger charge is -2.13. The van der Waals surface area contributed by atoms with E-state index in [2.05, 4.69) is 10.0 Å². The van der Waals surface area contributed by atoms with Crippen molar-refractivity contribution in [2.75, 3.05) is 47.4 Å². The Hall–Kier alpha value is -1.04. The highest BCUT2D eigenvalue weighted by molar-refractivity contribution is 7.90. The maximum Gasteiger partial charge on any atom is 0.242 e. The lowest BCUT2D eigenvalue weighted by molar-refractivity contribution is 0.199. The summed E-state index contributed by atoms with van der Waals surface area (Å²) >= 11 is 0. The molecule has 0 aliphatic heterocycles. The quantitative estimate of drug-likeness (QED) is 0.539. The molecule has 0 spiro atoms. The van der Waals surface area contributed by atoms with Crippen molar-refractivity contribution in [1.82, 2.24) is 14.3 Å². The Morgan fingerprint density at radius 2 is 1.70 bits per heavy atom. The maximum absolute atomic E-state index is 12.2. The molecule has 0 aromatic heterocycles. The van der Waals surface area contributed by atoms with E-state index in [0.29, 0.717) is 19.7 Å². The van der Waals surface area contributed by atoms with Gasteiger partial charge >= 0.3 is 0 Å². The molecule has 0 aliphatic carbocycles. The predicted molar refractivity (Wildman–Crippen MR) is 87.2 cm³/mol. The molecule has 2 N–H and O–H groups in total. The lowest BCUT2D eigenvalue weighted by Crippen LogP contribution is -2.33. The molecule has 1 rings (SSSR count). The van der Waals surface area contributed by atoms with Gasteiger partial charge in [-0.15, -0.1) is 0 Å². The van der Waals surface area contributed by atoms with Crippen LogP contribution >= 0.6 is 0 Å². The number of hydrogen-bond acceptors (Lipinski definition) is 6. The zero-order valence-corrected chi connectivity index (χ0v) is 15.1. The van der Waals surface area contributed by atoms with Crippen LogP contribution in [0.1, 0.15) is 0 Å². The standard InChI is InChI=1S/C13H23N3O5S2/c1-16(2)23(19,20)13-6-4-5-12(11-13)22(17,18)15-8-7-14-9-10-21-3/h4-6,11,14-15H,7-10H2,1-3H3. The topological polar surface area (TPSA) is 105 Å². The Morgan fingerprint density at radius 3 is 2.30 bits per heavy atom. The molecule has 0 unspecified atom stereocenters. The fourth-order valence-electron chi connectivity index (χ4n) is 1.67. The van der Waals surface area contributed by atoms with Gasteiger partial charge in [-0.05, 0) is 18.2 Å².